The maximum Gasteiger partial charge on any atom is 0.329 e. The van der Waals surface area contributed by atoms with Crippen molar-refractivity contribution in [1.82, 2.24) is 19.3 Å². The lowest BCUT2D eigenvalue weighted by atomic mass is 10.3. The maximum atomic E-state index is 11.7. The molecular weight excluding hydrogens is 258 g/mol. The van der Waals surface area contributed by atoms with Crippen LogP contribution in [-0.2, 0) is 7.05 Å². The first-order valence-corrected chi connectivity index (χ1v) is 6.60. The summed E-state index contributed by atoms with van der Waals surface area (Å²) in [6.07, 6.45) is 4.79. The largest absolute Gasteiger partial charge is 0.356 e. The molecule has 7 heteroatoms. The van der Waals surface area contributed by atoms with Gasteiger partial charge >= 0.3 is 5.69 Å². The number of nitrogens with one attached hydrogen (secondary N) is 1. The number of aromatic nitrogens is 4. The van der Waals surface area contributed by atoms with Crippen LogP contribution in [0.3, 0.4) is 0 Å². The lowest BCUT2D eigenvalue weighted by Crippen LogP contribution is -2.35. The fraction of sp³-hybridized carbons (Fsp3) is 0.462. The van der Waals surface area contributed by atoms with Crippen molar-refractivity contribution in [1.29, 1.82) is 0 Å². The van der Waals surface area contributed by atoms with Crippen LogP contribution >= 0.6 is 0 Å². The summed E-state index contributed by atoms with van der Waals surface area (Å²) in [6.45, 7) is 3.55. The topological polar surface area (TPSA) is 75.9 Å². The van der Waals surface area contributed by atoms with Gasteiger partial charge in [-0.25, -0.2) is 4.79 Å². The molecule has 3 rings (SSSR count). The van der Waals surface area contributed by atoms with Crippen molar-refractivity contribution in [2.45, 2.75) is 19.4 Å². The molecule has 0 radical (unpaired) electrons. The third-order valence-corrected chi connectivity index (χ3v) is 3.74. The summed E-state index contributed by atoms with van der Waals surface area (Å²) < 4.78 is 3.02. The fourth-order valence-corrected chi connectivity index (χ4v) is 2.52. The summed E-state index contributed by atoms with van der Waals surface area (Å²) in [5.74, 6) is 0.587. The highest BCUT2D eigenvalue weighted by Crippen LogP contribution is 2.24. The molecule has 1 aliphatic heterocycles. The number of aromatic amines is 1. The van der Waals surface area contributed by atoms with Gasteiger partial charge in [0.1, 0.15) is 5.82 Å². The second-order valence-electron chi connectivity index (χ2n) is 5.24. The minimum absolute atomic E-state index is 0.274. The van der Waals surface area contributed by atoms with Crippen LogP contribution in [0, 0.1) is 6.92 Å². The van der Waals surface area contributed by atoms with E-state index in [0.717, 1.165) is 29.6 Å². The van der Waals surface area contributed by atoms with Crippen LogP contribution in [0.2, 0.25) is 0 Å². The van der Waals surface area contributed by atoms with E-state index in [0.29, 0.717) is 5.82 Å². The van der Waals surface area contributed by atoms with Gasteiger partial charge in [0.15, 0.2) is 0 Å². The Labute approximate surface area is 115 Å². The summed E-state index contributed by atoms with van der Waals surface area (Å²) in [5, 5.41) is 4.33. The van der Waals surface area contributed by atoms with Crippen molar-refractivity contribution in [2.24, 2.45) is 7.05 Å². The normalized spacial score (nSPS) is 18.7. The molecular formula is C13H17N5O2. The van der Waals surface area contributed by atoms with Gasteiger partial charge in [0.25, 0.3) is 5.56 Å². The Morgan fingerprint density at radius 2 is 2.20 bits per heavy atom. The molecule has 0 aliphatic carbocycles. The molecule has 1 N–H and O–H groups in total. The first-order valence-electron chi connectivity index (χ1n) is 6.60. The first-order chi connectivity index (χ1) is 9.54. The SMILES string of the molecule is Cc1cnn(C2CCN(c3cc(=O)n(C)c(=O)[nH]3)C2)c1. The van der Waals surface area contributed by atoms with E-state index in [-0.39, 0.29) is 17.3 Å². The number of anilines is 1. The Hall–Kier alpha value is -2.31. The number of hydrogen-bond donors (Lipinski definition) is 1. The highest BCUT2D eigenvalue weighted by atomic mass is 16.2. The zero-order chi connectivity index (χ0) is 14.3. The van der Waals surface area contributed by atoms with E-state index < -0.39 is 0 Å². The van der Waals surface area contributed by atoms with Crippen LogP contribution in [0.25, 0.3) is 0 Å². The van der Waals surface area contributed by atoms with E-state index in [1.807, 2.05) is 28.9 Å². The summed E-state index contributed by atoms with van der Waals surface area (Å²) >= 11 is 0. The average molecular weight is 275 g/mol. The molecule has 2 aromatic heterocycles. The zero-order valence-corrected chi connectivity index (χ0v) is 11.5. The second-order valence-corrected chi connectivity index (χ2v) is 5.24. The van der Waals surface area contributed by atoms with Crippen molar-refractivity contribution < 1.29 is 0 Å². The molecule has 0 spiro atoms. The quantitative estimate of drug-likeness (QED) is 0.839. The highest BCUT2D eigenvalue weighted by Gasteiger charge is 2.25. The number of nitrogens with zero attached hydrogens (tertiary/aromatic N) is 4. The lowest BCUT2D eigenvalue weighted by Gasteiger charge is -2.18. The molecule has 20 heavy (non-hydrogen) atoms. The molecule has 7 nitrogen and oxygen atoms in total. The smallest absolute Gasteiger partial charge is 0.329 e. The van der Waals surface area contributed by atoms with Gasteiger partial charge < -0.3 is 4.90 Å². The van der Waals surface area contributed by atoms with Gasteiger partial charge in [-0.05, 0) is 18.9 Å². The van der Waals surface area contributed by atoms with E-state index in [9.17, 15) is 9.59 Å². The maximum absolute atomic E-state index is 11.7. The van der Waals surface area contributed by atoms with E-state index >= 15 is 0 Å². The van der Waals surface area contributed by atoms with Gasteiger partial charge in [-0.2, -0.15) is 5.10 Å². The third-order valence-electron chi connectivity index (χ3n) is 3.74. The van der Waals surface area contributed by atoms with Crippen molar-refractivity contribution >= 4 is 5.82 Å². The molecule has 0 saturated carbocycles. The molecule has 2 aromatic rings. The van der Waals surface area contributed by atoms with Crippen molar-refractivity contribution in [3.05, 3.63) is 44.9 Å². The Balaban J connectivity index is 1.84. The molecule has 1 saturated heterocycles. The standard InChI is InChI=1S/C13H17N5O2/c1-9-6-14-18(7-9)10-3-4-17(8-10)11-5-12(19)16(2)13(20)15-11/h5-7,10H,3-4,8H2,1-2H3,(H,15,20). The molecule has 0 aromatic carbocycles. The van der Waals surface area contributed by atoms with Gasteiger partial charge in [-0.15, -0.1) is 0 Å². The molecule has 106 valence electrons. The number of aryl methyl sites for hydroxylation is 1. The van der Waals surface area contributed by atoms with E-state index in [2.05, 4.69) is 10.1 Å². The van der Waals surface area contributed by atoms with Crippen molar-refractivity contribution in [3.63, 3.8) is 0 Å². The summed E-state index contributed by atoms with van der Waals surface area (Å²) in [5.41, 5.74) is 0.457. The van der Waals surface area contributed by atoms with E-state index in [1.165, 1.54) is 13.1 Å². The minimum atomic E-state index is -0.383. The fourth-order valence-electron chi connectivity index (χ4n) is 2.52. The molecule has 1 fully saturated rings. The van der Waals surface area contributed by atoms with Crippen LogP contribution in [0.5, 0.6) is 0 Å². The van der Waals surface area contributed by atoms with Gasteiger partial charge in [-0.3, -0.25) is 19.0 Å². The minimum Gasteiger partial charge on any atom is -0.356 e. The number of hydrogen-bond acceptors (Lipinski definition) is 4. The lowest BCUT2D eigenvalue weighted by molar-refractivity contribution is 0.494. The molecule has 1 atom stereocenters. The van der Waals surface area contributed by atoms with Gasteiger partial charge in [0.2, 0.25) is 0 Å². The number of rotatable bonds is 2. The average Bonchev–Trinajstić information content (AvgIpc) is 3.03. The first kappa shape index (κ1) is 12.7. The van der Waals surface area contributed by atoms with Crippen LogP contribution in [0.4, 0.5) is 5.82 Å². The molecule has 0 amide bonds. The molecule has 0 bridgehead atoms. The highest BCUT2D eigenvalue weighted by molar-refractivity contribution is 5.38. The molecule has 1 aliphatic rings. The van der Waals surface area contributed by atoms with Crippen LogP contribution in [0.1, 0.15) is 18.0 Å². The number of H-pyrrole nitrogens is 1. The van der Waals surface area contributed by atoms with Crippen LogP contribution < -0.4 is 16.1 Å². The Kier molecular flexibility index (Phi) is 2.96. The predicted molar refractivity (Wildman–Crippen MR) is 75.1 cm³/mol. The van der Waals surface area contributed by atoms with Gasteiger partial charge in [0, 0.05) is 32.4 Å². The monoisotopic (exact) mass is 275 g/mol. The molecule has 1 unspecified atom stereocenters. The summed E-state index contributed by atoms with van der Waals surface area (Å²) in [6, 6.07) is 1.74. The molecule has 3 heterocycles. The van der Waals surface area contributed by atoms with Crippen LogP contribution in [0.15, 0.2) is 28.0 Å². The Morgan fingerprint density at radius 3 is 2.85 bits per heavy atom. The third kappa shape index (κ3) is 2.15. The predicted octanol–water partition coefficient (Wildman–Crippen LogP) is 0.0299. The van der Waals surface area contributed by atoms with E-state index in [4.69, 9.17) is 0 Å². The van der Waals surface area contributed by atoms with E-state index in [1.54, 1.807) is 0 Å². The summed E-state index contributed by atoms with van der Waals surface area (Å²) in [7, 11) is 1.46. The second kappa shape index (κ2) is 4.66. The van der Waals surface area contributed by atoms with Crippen molar-refractivity contribution in [2.75, 3.05) is 18.0 Å². The Bertz CT molecular complexity index is 710. The van der Waals surface area contributed by atoms with Gasteiger partial charge in [-0.1, -0.05) is 0 Å². The van der Waals surface area contributed by atoms with Crippen molar-refractivity contribution in [3.8, 4) is 0 Å². The van der Waals surface area contributed by atoms with Crippen LogP contribution in [-0.4, -0.2) is 32.4 Å². The summed E-state index contributed by atoms with van der Waals surface area (Å²) in [4.78, 5) is 28.1. The van der Waals surface area contributed by atoms with Gasteiger partial charge in [0.05, 0.1) is 12.2 Å². The zero-order valence-electron chi connectivity index (χ0n) is 11.5. The Morgan fingerprint density at radius 1 is 1.40 bits per heavy atom.